The topological polar surface area (TPSA) is 72.2 Å². The Labute approximate surface area is 138 Å². The van der Waals surface area contributed by atoms with Crippen LogP contribution in [0.5, 0.6) is 0 Å². The van der Waals surface area contributed by atoms with Gasteiger partial charge in [-0.3, -0.25) is 9.59 Å². The van der Waals surface area contributed by atoms with Crippen LogP contribution >= 0.6 is 0 Å². The number of hydrogen-bond acceptors (Lipinski definition) is 2. The Kier molecular flexibility index (Phi) is 5.78. The van der Waals surface area contributed by atoms with Crippen LogP contribution in [0, 0.1) is 11.6 Å². The third-order valence-corrected chi connectivity index (χ3v) is 3.33. The average molecular weight is 330 g/mol. The summed E-state index contributed by atoms with van der Waals surface area (Å²) < 4.78 is 26.2. The SMILES string of the molecule is NC(=O)c1ccc(C=CC(=O)NCCc2ccc(F)cc2F)cc1. The summed E-state index contributed by atoms with van der Waals surface area (Å²) in [5.74, 6) is -2.12. The average Bonchev–Trinajstić information content (AvgIpc) is 2.55. The second kappa shape index (κ2) is 8.01. The smallest absolute Gasteiger partial charge is 0.248 e. The first-order valence-electron chi connectivity index (χ1n) is 7.25. The van der Waals surface area contributed by atoms with E-state index >= 15 is 0 Å². The molecule has 0 saturated heterocycles. The van der Waals surface area contributed by atoms with Crippen molar-refractivity contribution >= 4 is 17.9 Å². The Morgan fingerprint density at radius 3 is 2.42 bits per heavy atom. The summed E-state index contributed by atoms with van der Waals surface area (Å²) in [5, 5.41) is 2.61. The summed E-state index contributed by atoms with van der Waals surface area (Å²) >= 11 is 0. The zero-order valence-electron chi connectivity index (χ0n) is 12.8. The molecule has 2 rings (SSSR count). The van der Waals surface area contributed by atoms with E-state index < -0.39 is 17.5 Å². The van der Waals surface area contributed by atoms with E-state index in [-0.39, 0.29) is 18.9 Å². The minimum atomic E-state index is -0.634. The molecule has 0 fully saturated rings. The molecule has 2 aromatic carbocycles. The number of benzene rings is 2. The van der Waals surface area contributed by atoms with Crippen LogP contribution in [0.1, 0.15) is 21.5 Å². The van der Waals surface area contributed by atoms with Crippen molar-refractivity contribution < 1.29 is 18.4 Å². The van der Waals surface area contributed by atoms with Gasteiger partial charge in [-0.1, -0.05) is 18.2 Å². The maximum atomic E-state index is 13.4. The van der Waals surface area contributed by atoms with Gasteiger partial charge in [-0.2, -0.15) is 0 Å². The standard InChI is InChI=1S/C18H16F2N2O2/c19-15-7-6-13(16(20)11-15)9-10-22-17(23)8-3-12-1-4-14(5-2-12)18(21)24/h1-8,11H,9-10H2,(H2,21,24)(H,22,23). The first-order chi connectivity index (χ1) is 11.5. The van der Waals surface area contributed by atoms with Gasteiger partial charge in [0.2, 0.25) is 11.8 Å². The Balaban J connectivity index is 1.83. The van der Waals surface area contributed by atoms with Crippen molar-refractivity contribution in [1.82, 2.24) is 5.32 Å². The molecule has 24 heavy (non-hydrogen) atoms. The molecule has 0 aromatic heterocycles. The normalized spacial score (nSPS) is 10.8. The Bertz CT molecular complexity index is 771. The summed E-state index contributed by atoms with van der Waals surface area (Å²) in [6, 6.07) is 9.81. The van der Waals surface area contributed by atoms with Gasteiger partial charge in [-0.15, -0.1) is 0 Å². The molecule has 3 N–H and O–H groups in total. The van der Waals surface area contributed by atoms with Gasteiger partial charge in [-0.25, -0.2) is 8.78 Å². The van der Waals surface area contributed by atoms with Crippen LogP contribution in [0.3, 0.4) is 0 Å². The molecule has 0 radical (unpaired) electrons. The van der Waals surface area contributed by atoms with Gasteiger partial charge >= 0.3 is 0 Å². The van der Waals surface area contributed by atoms with Crippen molar-refractivity contribution in [2.75, 3.05) is 6.54 Å². The minimum Gasteiger partial charge on any atom is -0.366 e. The lowest BCUT2D eigenvalue weighted by molar-refractivity contribution is -0.116. The number of carbonyl (C=O) groups excluding carboxylic acids is 2. The molecule has 0 spiro atoms. The maximum absolute atomic E-state index is 13.4. The fourth-order valence-corrected chi connectivity index (χ4v) is 2.03. The van der Waals surface area contributed by atoms with Crippen molar-refractivity contribution in [2.45, 2.75) is 6.42 Å². The zero-order chi connectivity index (χ0) is 17.5. The minimum absolute atomic E-state index is 0.229. The molecular formula is C18H16F2N2O2. The van der Waals surface area contributed by atoms with Crippen molar-refractivity contribution in [1.29, 1.82) is 0 Å². The first-order valence-corrected chi connectivity index (χ1v) is 7.25. The molecule has 4 nitrogen and oxygen atoms in total. The zero-order valence-corrected chi connectivity index (χ0v) is 12.8. The molecule has 0 aliphatic carbocycles. The van der Waals surface area contributed by atoms with Crippen LogP contribution in [-0.4, -0.2) is 18.4 Å². The van der Waals surface area contributed by atoms with Gasteiger partial charge < -0.3 is 11.1 Å². The Hall–Kier alpha value is -3.02. The molecule has 2 aromatic rings. The third kappa shape index (κ3) is 5.01. The van der Waals surface area contributed by atoms with Crippen molar-refractivity contribution in [2.24, 2.45) is 5.73 Å². The molecule has 0 saturated carbocycles. The van der Waals surface area contributed by atoms with Crippen molar-refractivity contribution in [3.63, 3.8) is 0 Å². The number of hydrogen-bond donors (Lipinski definition) is 2. The Morgan fingerprint density at radius 1 is 1.08 bits per heavy atom. The molecule has 6 heteroatoms. The van der Waals surface area contributed by atoms with Crippen LogP contribution in [0.2, 0.25) is 0 Å². The van der Waals surface area contributed by atoms with Crippen molar-refractivity contribution in [3.05, 3.63) is 76.9 Å². The molecule has 0 aliphatic heterocycles. The van der Waals surface area contributed by atoms with Gasteiger partial charge in [0.1, 0.15) is 11.6 Å². The number of amides is 2. The van der Waals surface area contributed by atoms with Crippen LogP contribution < -0.4 is 11.1 Å². The monoisotopic (exact) mass is 330 g/mol. The van der Waals surface area contributed by atoms with Crippen LogP contribution in [0.25, 0.3) is 6.08 Å². The molecule has 0 bridgehead atoms. The third-order valence-electron chi connectivity index (χ3n) is 3.33. The molecule has 0 atom stereocenters. The molecule has 2 amide bonds. The highest BCUT2D eigenvalue weighted by molar-refractivity contribution is 5.94. The largest absolute Gasteiger partial charge is 0.366 e. The Morgan fingerprint density at radius 2 is 1.79 bits per heavy atom. The molecular weight excluding hydrogens is 314 g/mol. The fourth-order valence-electron chi connectivity index (χ4n) is 2.03. The van der Waals surface area contributed by atoms with Crippen LogP contribution in [0.4, 0.5) is 8.78 Å². The number of nitrogens with two attached hydrogens (primary N) is 1. The summed E-state index contributed by atoms with van der Waals surface area (Å²) in [5.41, 5.74) is 6.60. The van der Waals surface area contributed by atoms with E-state index in [0.29, 0.717) is 11.1 Å². The first kappa shape index (κ1) is 17.3. The van der Waals surface area contributed by atoms with E-state index in [1.54, 1.807) is 30.3 Å². The van der Waals surface area contributed by atoms with E-state index in [1.807, 2.05) is 0 Å². The van der Waals surface area contributed by atoms with E-state index in [2.05, 4.69) is 5.32 Å². The summed E-state index contributed by atoms with van der Waals surface area (Å²) in [6.07, 6.45) is 3.18. The van der Waals surface area contributed by atoms with Crippen molar-refractivity contribution in [3.8, 4) is 0 Å². The highest BCUT2D eigenvalue weighted by Gasteiger charge is 2.04. The van der Waals surface area contributed by atoms with Crippen LogP contribution in [-0.2, 0) is 11.2 Å². The predicted octanol–water partition coefficient (Wildman–Crippen LogP) is 2.44. The molecule has 0 unspecified atom stereocenters. The quantitative estimate of drug-likeness (QED) is 0.799. The van der Waals surface area contributed by atoms with Gasteiger partial charge in [-0.05, 0) is 41.8 Å². The highest BCUT2D eigenvalue weighted by Crippen LogP contribution is 2.09. The molecule has 124 valence electrons. The van der Waals surface area contributed by atoms with Gasteiger partial charge in [0, 0.05) is 24.3 Å². The number of nitrogens with one attached hydrogen (secondary N) is 1. The number of carbonyl (C=O) groups is 2. The molecule has 0 aliphatic rings. The lowest BCUT2D eigenvalue weighted by Crippen LogP contribution is -2.23. The van der Waals surface area contributed by atoms with Gasteiger partial charge in [0.25, 0.3) is 0 Å². The second-order valence-electron chi connectivity index (χ2n) is 5.10. The summed E-state index contributed by atoms with van der Waals surface area (Å²) in [4.78, 5) is 22.6. The summed E-state index contributed by atoms with van der Waals surface area (Å²) in [7, 11) is 0. The number of halogens is 2. The summed E-state index contributed by atoms with van der Waals surface area (Å²) in [6.45, 7) is 0.229. The highest BCUT2D eigenvalue weighted by atomic mass is 19.1. The molecule has 0 heterocycles. The second-order valence-corrected chi connectivity index (χ2v) is 5.10. The van der Waals surface area contributed by atoms with Gasteiger partial charge in [0.05, 0.1) is 0 Å². The van der Waals surface area contributed by atoms with E-state index in [4.69, 9.17) is 5.73 Å². The van der Waals surface area contributed by atoms with Crippen LogP contribution in [0.15, 0.2) is 48.5 Å². The predicted molar refractivity (Wildman–Crippen MR) is 87.1 cm³/mol. The van der Waals surface area contributed by atoms with Gasteiger partial charge in [0.15, 0.2) is 0 Å². The van der Waals surface area contributed by atoms with E-state index in [1.165, 1.54) is 18.2 Å². The number of primary amides is 1. The van der Waals surface area contributed by atoms with E-state index in [9.17, 15) is 18.4 Å². The maximum Gasteiger partial charge on any atom is 0.248 e. The number of rotatable bonds is 6. The fraction of sp³-hybridized carbons (Fsp3) is 0.111. The lowest BCUT2D eigenvalue weighted by atomic mass is 10.1. The van der Waals surface area contributed by atoms with E-state index in [0.717, 1.165) is 11.6 Å². The lowest BCUT2D eigenvalue weighted by Gasteiger charge is -2.04.